The zero-order chi connectivity index (χ0) is 15.9. The van der Waals surface area contributed by atoms with Gasteiger partial charge in [0.15, 0.2) is 0 Å². The Morgan fingerprint density at radius 3 is 2.14 bits per heavy atom. The molecular weight excluding hydrogens is 298 g/mol. The third-order valence-electron chi connectivity index (χ3n) is 3.01. The number of ether oxygens (including phenoxy) is 1. The van der Waals surface area contributed by atoms with Crippen LogP contribution in [0.15, 0.2) is 48.5 Å². The van der Waals surface area contributed by atoms with Crippen molar-refractivity contribution in [3.05, 3.63) is 54.1 Å². The molecule has 1 unspecified atom stereocenters. The average Bonchev–Trinajstić information content (AvgIpc) is 2.49. The van der Waals surface area contributed by atoms with E-state index in [2.05, 4.69) is 5.32 Å². The lowest BCUT2D eigenvalue weighted by Gasteiger charge is -2.08. The molecule has 0 spiro atoms. The van der Waals surface area contributed by atoms with Crippen molar-refractivity contribution in [3.8, 4) is 11.5 Å². The summed E-state index contributed by atoms with van der Waals surface area (Å²) in [5, 5.41) is 2.77. The number of hydrogen-bond acceptors (Lipinski definition) is 3. The number of carbonyl (C=O) groups excluding carboxylic acids is 1. The van der Waals surface area contributed by atoms with Gasteiger partial charge < -0.3 is 10.1 Å². The first kappa shape index (κ1) is 16.2. The number of rotatable bonds is 6. The van der Waals surface area contributed by atoms with E-state index in [4.69, 9.17) is 4.74 Å². The van der Waals surface area contributed by atoms with E-state index in [0.29, 0.717) is 17.2 Å². The van der Waals surface area contributed by atoms with Crippen molar-refractivity contribution in [2.45, 2.75) is 13.3 Å². The van der Waals surface area contributed by atoms with Crippen LogP contribution in [0.2, 0.25) is 0 Å². The molecule has 1 N–H and O–H groups in total. The predicted octanol–water partition coefficient (Wildman–Crippen LogP) is 3.49. The fraction of sp³-hybridized carbons (Fsp3) is 0.235. The van der Waals surface area contributed by atoms with Gasteiger partial charge in [-0.15, -0.1) is 0 Å². The van der Waals surface area contributed by atoms with E-state index in [1.807, 2.05) is 31.2 Å². The van der Waals surface area contributed by atoms with E-state index in [1.165, 1.54) is 5.56 Å². The van der Waals surface area contributed by atoms with E-state index in [-0.39, 0.29) is 12.3 Å². The van der Waals surface area contributed by atoms with Crippen molar-refractivity contribution >= 4 is 22.4 Å². The second-order valence-electron chi connectivity index (χ2n) is 5.01. The van der Waals surface area contributed by atoms with Crippen molar-refractivity contribution in [2.75, 3.05) is 17.3 Å². The monoisotopic (exact) mass is 317 g/mol. The highest BCUT2D eigenvalue weighted by molar-refractivity contribution is 7.84. The second kappa shape index (κ2) is 7.75. The maximum atomic E-state index is 11.6. The minimum Gasteiger partial charge on any atom is -0.457 e. The van der Waals surface area contributed by atoms with Gasteiger partial charge in [0.2, 0.25) is 5.91 Å². The molecule has 4 nitrogen and oxygen atoms in total. The molecule has 22 heavy (non-hydrogen) atoms. The van der Waals surface area contributed by atoms with Crippen LogP contribution in [0.1, 0.15) is 12.0 Å². The number of nitrogens with one attached hydrogen (secondary N) is 1. The summed E-state index contributed by atoms with van der Waals surface area (Å²) in [5.74, 6) is 1.72. The fourth-order valence-corrected chi connectivity index (χ4v) is 2.28. The SMILES string of the molecule is Cc1ccc(Oc2ccc(NC(=O)CCS(C)=O)cc2)cc1. The van der Waals surface area contributed by atoms with Crippen LogP contribution in [0.4, 0.5) is 5.69 Å². The Labute approximate surface area is 133 Å². The average molecular weight is 317 g/mol. The molecule has 0 aromatic heterocycles. The molecule has 5 heteroatoms. The summed E-state index contributed by atoms with van der Waals surface area (Å²) in [6.45, 7) is 2.02. The van der Waals surface area contributed by atoms with E-state index >= 15 is 0 Å². The second-order valence-corrected chi connectivity index (χ2v) is 6.57. The predicted molar refractivity (Wildman–Crippen MR) is 89.9 cm³/mol. The highest BCUT2D eigenvalue weighted by Crippen LogP contribution is 2.23. The summed E-state index contributed by atoms with van der Waals surface area (Å²) >= 11 is 0. The maximum Gasteiger partial charge on any atom is 0.225 e. The lowest BCUT2D eigenvalue weighted by Crippen LogP contribution is -2.14. The van der Waals surface area contributed by atoms with Gasteiger partial charge in [0.05, 0.1) is 0 Å². The first-order chi connectivity index (χ1) is 10.5. The molecular formula is C17H19NO3S. The first-order valence-corrected chi connectivity index (χ1v) is 8.70. The van der Waals surface area contributed by atoms with Crippen LogP contribution in [0, 0.1) is 6.92 Å². The van der Waals surface area contributed by atoms with Crippen LogP contribution in [0.25, 0.3) is 0 Å². The first-order valence-electron chi connectivity index (χ1n) is 6.97. The van der Waals surface area contributed by atoms with Gasteiger partial charge in [-0.2, -0.15) is 0 Å². The van der Waals surface area contributed by atoms with Crippen molar-refractivity contribution in [1.29, 1.82) is 0 Å². The molecule has 0 heterocycles. The van der Waals surface area contributed by atoms with E-state index in [0.717, 1.165) is 5.75 Å². The fourth-order valence-electron chi connectivity index (χ4n) is 1.81. The molecule has 0 saturated carbocycles. The molecule has 0 bridgehead atoms. The number of hydrogen-bond donors (Lipinski definition) is 1. The molecule has 2 rings (SSSR count). The Balaban J connectivity index is 1.91. The van der Waals surface area contributed by atoms with Crippen LogP contribution in [0.5, 0.6) is 11.5 Å². The summed E-state index contributed by atoms with van der Waals surface area (Å²) < 4.78 is 16.7. The lowest BCUT2D eigenvalue weighted by molar-refractivity contribution is -0.115. The van der Waals surface area contributed by atoms with Crippen molar-refractivity contribution in [3.63, 3.8) is 0 Å². The molecule has 2 aromatic carbocycles. The van der Waals surface area contributed by atoms with Crippen LogP contribution in [0.3, 0.4) is 0 Å². The third kappa shape index (κ3) is 5.33. The number of anilines is 1. The van der Waals surface area contributed by atoms with Gasteiger partial charge in [-0.25, -0.2) is 0 Å². The van der Waals surface area contributed by atoms with Crippen molar-refractivity contribution in [1.82, 2.24) is 0 Å². The Bertz CT molecular complexity index is 651. The normalized spacial score (nSPS) is 11.7. The van der Waals surface area contributed by atoms with Gasteiger partial charge in [0, 0.05) is 34.9 Å². The zero-order valence-electron chi connectivity index (χ0n) is 12.7. The smallest absolute Gasteiger partial charge is 0.225 e. The molecule has 2 aromatic rings. The van der Waals surface area contributed by atoms with Crippen molar-refractivity contribution < 1.29 is 13.7 Å². The standard InChI is InChI=1S/C17H19NO3S/c1-13-3-7-15(8-4-13)21-16-9-5-14(6-10-16)18-17(19)11-12-22(2)20/h3-10H,11-12H2,1-2H3,(H,18,19). The number of amides is 1. The Kier molecular flexibility index (Phi) is 5.72. The van der Waals surface area contributed by atoms with Gasteiger partial charge in [-0.1, -0.05) is 17.7 Å². The summed E-state index contributed by atoms with van der Waals surface area (Å²) in [4.78, 5) is 11.6. The molecule has 116 valence electrons. The summed E-state index contributed by atoms with van der Waals surface area (Å²) in [6, 6.07) is 15.0. The third-order valence-corrected chi connectivity index (χ3v) is 3.79. The zero-order valence-corrected chi connectivity index (χ0v) is 13.5. The van der Waals surface area contributed by atoms with E-state index in [9.17, 15) is 9.00 Å². The van der Waals surface area contributed by atoms with Crippen LogP contribution >= 0.6 is 0 Å². The topological polar surface area (TPSA) is 55.4 Å². The summed E-state index contributed by atoms with van der Waals surface area (Å²) in [7, 11) is -0.953. The summed E-state index contributed by atoms with van der Waals surface area (Å²) in [5.41, 5.74) is 1.88. The molecule has 0 radical (unpaired) electrons. The molecule has 0 saturated heterocycles. The van der Waals surface area contributed by atoms with Gasteiger partial charge in [0.25, 0.3) is 0 Å². The lowest BCUT2D eigenvalue weighted by atomic mass is 10.2. The minimum absolute atomic E-state index is 0.137. The number of carbonyl (C=O) groups is 1. The Hall–Kier alpha value is -2.14. The van der Waals surface area contributed by atoms with Crippen LogP contribution in [-0.4, -0.2) is 22.1 Å². The van der Waals surface area contributed by atoms with Gasteiger partial charge in [0.1, 0.15) is 11.5 Å². The molecule has 0 aliphatic rings. The molecule has 1 amide bonds. The highest BCUT2D eigenvalue weighted by Gasteiger charge is 2.04. The Morgan fingerprint density at radius 2 is 1.59 bits per heavy atom. The molecule has 0 aliphatic heterocycles. The molecule has 0 fully saturated rings. The highest BCUT2D eigenvalue weighted by atomic mass is 32.2. The van der Waals surface area contributed by atoms with Gasteiger partial charge in [-0.3, -0.25) is 9.00 Å². The Morgan fingerprint density at radius 1 is 1.05 bits per heavy atom. The largest absolute Gasteiger partial charge is 0.457 e. The minimum atomic E-state index is -0.953. The van der Waals surface area contributed by atoms with Crippen LogP contribution < -0.4 is 10.1 Å². The van der Waals surface area contributed by atoms with E-state index in [1.54, 1.807) is 30.5 Å². The van der Waals surface area contributed by atoms with Crippen molar-refractivity contribution in [2.24, 2.45) is 0 Å². The number of aryl methyl sites for hydroxylation is 1. The maximum absolute atomic E-state index is 11.6. The molecule has 0 aliphatic carbocycles. The summed E-state index contributed by atoms with van der Waals surface area (Å²) in [6.07, 6.45) is 1.84. The molecule has 1 atom stereocenters. The van der Waals surface area contributed by atoms with Gasteiger partial charge in [-0.05, 0) is 43.3 Å². The van der Waals surface area contributed by atoms with E-state index < -0.39 is 10.8 Å². The quantitative estimate of drug-likeness (QED) is 0.887. The van der Waals surface area contributed by atoms with Gasteiger partial charge >= 0.3 is 0 Å². The number of benzene rings is 2. The van der Waals surface area contributed by atoms with Crippen LogP contribution in [-0.2, 0) is 15.6 Å².